The van der Waals surface area contributed by atoms with E-state index in [-0.39, 0.29) is 0 Å². The molecule has 0 heterocycles. The predicted octanol–water partition coefficient (Wildman–Crippen LogP) is 4.84. The number of hydrogen-bond acceptors (Lipinski definition) is 0. The number of benzene rings is 1. The summed E-state index contributed by atoms with van der Waals surface area (Å²) >= 11 is 0. The van der Waals surface area contributed by atoms with Gasteiger partial charge in [-0.15, -0.1) is 0 Å². The van der Waals surface area contributed by atoms with Crippen molar-refractivity contribution in [3.8, 4) is 0 Å². The zero-order chi connectivity index (χ0) is 11.1. The van der Waals surface area contributed by atoms with Crippen molar-refractivity contribution in [2.24, 2.45) is 0 Å². The van der Waals surface area contributed by atoms with Crippen LogP contribution in [0.3, 0.4) is 0 Å². The largest absolute Gasteiger partial charge is 0.0839 e. The number of aryl methyl sites for hydroxylation is 1. The fraction of sp³-hybridized carbons (Fsp3) is 0.467. The van der Waals surface area contributed by atoms with E-state index in [9.17, 15) is 0 Å². The topological polar surface area (TPSA) is 0 Å². The van der Waals surface area contributed by atoms with Gasteiger partial charge >= 0.3 is 0 Å². The van der Waals surface area contributed by atoms with Crippen LogP contribution in [0.2, 0.25) is 0 Å². The number of allylic oxidation sites excluding steroid dienone is 2. The molecular formula is C15H22. The number of unbranched alkanes of at least 4 members (excludes halogenated alkanes) is 1. The molecule has 0 aliphatic heterocycles. The van der Waals surface area contributed by atoms with Crippen LogP contribution < -0.4 is 0 Å². The maximum atomic E-state index is 2.27. The summed E-state index contributed by atoms with van der Waals surface area (Å²) in [5.74, 6) is 0. The smallest absolute Gasteiger partial charge is 0.0228 e. The minimum absolute atomic E-state index is 1.12. The second-order valence-electron chi connectivity index (χ2n) is 3.97. The number of hydrogen-bond donors (Lipinski definition) is 0. The Labute approximate surface area is 94.0 Å². The van der Waals surface area contributed by atoms with Crippen LogP contribution in [0.25, 0.3) is 5.57 Å². The molecule has 0 saturated carbocycles. The first kappa shape index (κ1) is 12.0. The van der Waals surface area contributed by atoms with Crippen LogP contribution in [0.5, 0.6) is 0 Å². The molecule has 1 aromatic carbocycles. The van der Waals surface area contributed by atoms with E-state index in [1.165, 1.54) is 36.0 Å². The summed E-state index contributed by atoms with van der Waals surface area (Å²) in [6.45, 7) is 6.56. The second-order valence-corrected chi connectivity index (χ2v) is 3.97. The third-order valence-electron chi connectivity index (χ3n) is 2.87. The molecular weight excluding hydrogens is 180 g/mol. The van der Waals surface area contributed by atoms with E-state index < -0.39 is 0 Å². The molecule has 0 amide bonds. The van der Waals surface area contributed by atoms with Crippen molar-refractivity contribution in [1.29, 1.82) is 0 Å². The Kier molecular flexibility index (Phi) is 5.17. The molecule has 0 spiro atoms. The molecule has 0 saturated heterocycles. The summed E-state index contributed by atoms with van der Waals surface area (Å²) in [7, 11) is 0. The lowest BCUT2D eigenvalue weighted by Gasteiger charge is -2.05. The molecule has 0 N–H and O–H groups in total. The van der Waals surface area contributed by atoms with Crippen LogP contribution in [0, 0.1) is 0 Å². The molecule has 0 fully saturated rings. The molecule has 0 aliphatic rings. The Morgan fingerprint density at radius 1 is 1.13 bits per heavy atom. The van der Waals surface area contributed by atoms with E-state index in [1.54, 1.807) is 0 Å². The fourth-order valence-electron chi connectivity index (χ4n) is 1.84. The lowest BCUT2D eigenvalue weighted by Crippen LogP contribution is -1.87. The summed E-state index contributed by atoms with van der Waals surface area (Å²) in [5, 5.41) is 0. The van der Waals surface area contributed by atoms with Crippen LogP contribution >= 0.6 is 0 Å². The van der Waals surface area contributed by atoms with Crippen molar-refractivity contribution in [2.75, 3.05) is 0 Å². The zero-order valence-electron chi connectivity index (χ0n) is 10.2. The van der Waals surface area contributed by atoms with E-state index >= 15 is 0 Å². The van der Waals surface area contributed by atoms with Gasteiger partial charge in [0, 0.05) is 0 Å². The van der Waals surface area contributed by atoms with Gasteiger partial charge in [0.05, 0.1) is 0 Å². The highest BCUT2D eigenvalue weighted by Crippen LogP contribution is 2.18. The van der Waals surface area contributed by atoms with Crippen LogP contribution in [0.4, 0.5) is 0 Å². The van der Waals surface area contributed by atoms with Crippen LogP contribution in [-0.4, -0.2) is 0 Å². The minimum atomic E-state index is 1.12. The first-order valence-corrected chi connectivity index (χ1v) is 6.06. The van der Waals surface area contributed by atoms with Crippen LogP contribution in [-0.2, 0) is 6.42 Å². The lowest BCUT2D eigenvalue weighted by atomic mass is 10.0. The molecule has 0 radical (unpaired) electrons. The molecule has 0 aliphatic carbocycles. The van der Waals surface area contributed by atoms with Crippen molar-refractivity contribution in [3.05, 3.63) is 41.5 Å². The summed E-state index contributed by atoms with van der Waals surface area (Å²) in [4.78, 5) is 0. The Balaban J connectivity index is 2.71. The fourth-order valence-corrected chi connectivity index (χ4v) is 1.84. The standard InChI is InChI=1S/C15H22/c1-4-7-8-13-9-11-15(12-10-13)14(5-2)6-3/h5,9-12H,4,6-8H2,1-3H3. The second kappa shape index (κ2) is 6.44. The Morgan fingerprint density at radius 3 is 2.27 bits per heavy atom. The monoisotopic (exact) mass is 202 g/mol. The molecule has 1 aromatic rings. The van der Waals surface area contributed by atoms with E-state index in [0.717, 1.165) is 6.42 Å². The van der Waals surface area contributed by atoms with E-state index in [1.807, 2.05) is 0 Å². The zero-order valence-corrected chi connectivity index (χ0v) is 10.2. The quantitative estimate of drug-likeness (QED) is 0.640. The molecule has 0 unspecified atom stereocenters. The highest BCUT2D eigenvalue weighted by Gasteiger charge is 1.98. The van der Waals surface area contributed by atoms with Gasteiger partial charge in [-0.2, -0.15) is 0 Å². The molecule has 0 atom stereocenters. The average molecular weight is 202 g/mol. The van der Waals surface area contributed by atoms with Crippen molar-refractivity contribution in [2.45, 2.75) is 46.5 Å². The van der Waals surface area contributed by atoms with E-state index in [2.05, 4.69) is 51.1 Å². The van der Waals surface area contributed by atoms with Crippen LogP contribution in [0.1, 0.15) is 51.2 Å². The molecule has 0 nitrogen and oxygen atoms in total. The molecule has 0 aromatic heterocycles. The molecule has 1 rings (SSSR count). The van der Waals surface area contributed by atoms with Gasteiger partial charge in [-0.05, 0) is 42.9 Å². The third-order valence-corrected chi connectivity index (χ3v) is 2.87. The average Bonchev–Trinajstić information content (AvgIpc) is 2.29. The van der Waals surface area contributed by atoms with Gasteiger partial charge in [0.1, 0.15) is 0 Å². The van der Waals surface area contributed by atoms with Gasteiger partial charge in [0.2, 0.25) is 0 Å². The third kappa shape index (κ3) is 3.54. The van der Waals surface area contributed by atoms with Crippen molar-refractivity contribution in [3.63, 3.8) is 0 Å². The first-order chi connectivity index (χ1) is 7.31. The normalized spacial score (nSPS) is 11.8. The lowest BCUT2D eigenvalue weighted by molar-refractivity contribution is 0.795. The Morgan fingerprint density at radius 2 is 1.80 bits per heavy atom. The van der Waals surface area contributed by atoms with Crippen molar-refractivity contribution < 1.29 is 0 Å². The molecule has 0 bridgehead atoms. The van der Waals surface area contributed by atoms with E-state index in [4.69, 9.17) is 0 Å². The minimum Gasteiger partial charge on any atom is -0.0839 e. The molecule has 82 valence electrons. The number of rotatable bonds is 5. The summed E-state index contributed by atoms with van der Waals surface area (Å²) in [6.07, 6.45) is 7.11. The predicted molar refractivity (Wildman–Crippen MR) is 69.0 cm³/mol. The van der Waals surface area contributed by atoms with E-state index in [0.29, 0.717) is 0 Å². The Bertz CT molecular complexity index is 303. The van der Waals surface area contributed by atoms with Gasteiger partial charge in [-0.1, -0.05) is 50.6 Å². The molecule has 15 heavy (non-hydrogen) atoms. The summed E-state index contributed by atoms with van der Waals surface area (Å²) < 4.78 is 0. The maximum Gasteiger partial charge on any atom is -0.0228 e. The highest BCUT2D eigenvalue weighted by atomic mass is 14.0. The van der Waals surface area contributed by atoms with Crippen molar-refractivity contribution in [1.82, 2.24) is 0 Å². The summed E-state index contributed by atoms with van der Waals surface area (Å²) in [5.41, 5.74) is 4.28. The van der Waals surface area contributed by atoms with Gasteiger partial charge in [0.25, 0.3) is 0 Å². The highest BCUT2D eigenvalue weighted by molar-refractivity contribution is 5.65. The van der Waals surface area contributed by atoms with Gasteiger partial charge in [0.15, 0.2) is 0 Å². The first-order valence-electron chi connectivity index (χ1n) is 6.06. The Hall–Kier alpha value is -1.04. The SMILES string of the molecule is CC=C(CC)c1ccc(CCCC)cc1. The maximum absolute atomic E-state index is 2.27. The van der Waals surface area contributed by atoms with Gasteiger partial charge in [-0.3, -0.25) is 0 Å². The van der Waals surface area contributed by atoms with Crippen molar-refractivity contribution >= 4 is 5.57 Å². The van der Waals surface area contributed by atoms with Gasteiger partial charge < -0.3 is 0 Å². The summed E-state index contributed by atoms with van der Waals surface area (Å²) in [6, 6.07) is 9.04. The van der Waals surface area contributed by atoms with Crippen LogP contribution in [0.15, 0.2) is 30.3 Å². The van der Waals surface area contributed by atoms with Gasteiger partial charge in [-0.25, -0.2) is 0 Å². The molecule has 0 heteroatoms.